The number of aryl methyl sites for hydroxylation is 1. The first-order chi connectivity index (χ1) is 28.0. The van der Waals surface area contributed by atoms with E-state index in [2.05, 4.69) is 50.4 Å². The van der Waals surface area contributed by atoms with E-state index in [9.17, 15) is 25.6 Å². The fourth-order valence-corrected chi connectivity index (χ4v) is 8.74. The number of hydrogen-bond donors (Lipinski definition) is 3. The summed E-state index contributed by atoms with van der Waals surface area (Å²) in [6, 6.07) is 8.96. The molecule has 16 nitrogen and oxygen atoms in total. The number of benzene rings is 2. The lowest BCUT2D eigenvalue weighted by Crippen LogP contribution is -2.28. The van der Waals surface area contributed by atoms with Gasteiger partial charge in [-0.15, -0.1) is 0 Å². The molecule has 0 bridgehead atoms. The number of H-pyrrole nitrogens is 1. The van der Waals surface area contributed by atoms with Gasteiger partial charge in [0.2, 0.25) is 0 Å². The smallest absolute Gasteiger partial charge is 0.186 e. The van der Waals surface area contributed by atoms with E-state index in [4.69, 9.17) is 22.1 Å². The number of nitrogens with zero attached hydrogens (tertiary/aromatic N) is 8. The van der Waals surface area contributed by atoms with Gasteiger partial charge in [-0.2, -0.15) is 5.10 Å². The zero-order valence-electron chi connectivity index (χ0n) is 33.6. The lowest BCUT2D eigenvalue weighted by Gasteiger charge is -2.21. The molecule has 0 saturated heterocycles. The molecule has 0 unspecified atom stereocenters. The molecule has 1 aliphatic rings. The Morgan fingerprint density at radius 1 is 0.767 bits per heavy atom. The minimum absolute atomic E-state index is 0.0324. The van der Waals surface area contributed by atoms with Gasteiger partial charge in [-0.3, -0.25) is 15.1 Å². The van der Waals surface area contributed by atoms with Crippen LogP contribution in [-0.2, 0) is 26.2 Å². The first-order valence-electron chi connectivity index (χ1n) is 18.0. The van der Waals surface area contributed by atoms with E-state index < -0.39 is 35.0 Å². The molecule has 0 spiro atoms. The Morgan fingerprint density at radius 3 is 2.03 bits per heavy atom. The summed E-state index contributed by atoms with van der Waals surface area (Å²) >= 11 is 6.00. The number of nitrogens with two attached hydrogens (primary N) is 1. The summed E-state index contributed by atoms with van der Waals surface area (Å²) in [4.78, 5) is 28.4. The summed E-state index contributed by atoms with van der Waals surface area (Å²) in [6.07, 6.45) is 4.94. The Labute approximate surface area is 349 Å². The second kappa shape index (κ2) is 16.2. The topological polar surface area (TPSA) is 234 Å². The number of pyridine rings is 2. The van der Waals surface area contributed by atoms with Crippen LogP contribution in [0.5, 0.6) is 5.75 Å². The largest absolute Gasteiger partial charge is 0.495 e. The monoisotopic (exact) mass is 879 g/mol. The van der Waals surface area contributed by atoms with Gasteiger partial charge in [0.05, 0.1) is 62.6 Å². The van der Waals surface area contributed by atoms with Crippen LogP contribution in [0.2, 0.25) is 5.15 Å². The zero-order valence-corrected chi connectivity index (χ0v) is 36.0. The van der Waals surface area contributed by atoms with E-state index in [0.29, 0.717) is 68.0 Å². The van der Waals surface area contributed by atoms with E-state index in [0.717, 1.165) is 11.9 Å². The molecule has 4 N–H and O–H groups in total. The third kappa shape index (κ3) is 8.52. The second-order valence-electron chi connectivity index (χ2n) is 15.4. The summed E-state index contributed by atoms with van der Waals surface area (Å²) in [5.74, 6) is 0.384. The van der Waals surface area contributed by atoms with Crippen LogP contribution >= 0.6 is 11.6 Å². The van der Waals surface area contributed by atoms with Gasteiger partial charge in [0.25, 0.3) is 0 Å². The molecule has 0 radical (unpaired) electrons. The number of amidine groups is 1. The second-order valence-corrected chi connectivity index (χ2v) is 21.1. The minimum atomic E-state index is -3.72. The molecule has 0 saturated carbocycles. The SMILES string of the molecule is COc1cc2ncnc(Nc3[nH]nc4ncc(F)cc34)c2cc1S(=O)(=O)C(C)(C)C.Cc1cc2ncnc(Cl)c2cc1S(=O)(=O)C(C)(C)C.NC1=NCc2ncc(F)cc21. The van der Waals surface area contributed by atoms with Crippen molar-refractivity contribution in [2.45, 2.75) is 74.3 Å². The normalized spacial score (nSPS) is 12.9. The van der Waals surface area contributed by atoms with Crippen molar-refractivity contribution in [1.82, 2.24) is 40.1 Å². The van der Waals surface area contributed by atoms with Gasteiger partial charge in [0.15, 0.2) is 25.3 Å². The van der Waals surface area contributed by atoms with Crippen LogP contribution < -0.4 is 15.8 Å². The van der Waals surface area contributed by atoms with E-state index in [-0.39, 0.29) is 26.5 Å². The molecule has 1 aliphatic heterocycles. The fourth-order valence-electron chi connectivity index (χ4n) is 5.79. The van der Waals surface area contributed by atoms with Gasteiger partial charge in [-0.1, -0.05) is 11.6 Å². The minimum Gasteiger partial charge on any atom is -0.495 e. The number of nitrogens with one attached hydrogen (secondary N) is 2. The van der Waals surface area contributed by atoms with Crippen LogP contribution in [0.3, 0.4) is 0 Å². The average molecular weight is 880 g/mol. The summed E-state index contributed by atoms with van der Waals surface area (Å²) in [6.45, 7) is 12.1. The summed E-state index contributed by atoms with van der Waals surface area (Å²) < 4.78 is 80.9. The summed E-state index contributed by atoms with van der Waals surface area (Å²) in [5.41, 5.74) is 8.96. The summed E-state index contributed by atoms with van der Waals surface area (Å²) in [5, 5.41) is 11.5. The van der Waals surface area contributed by atoms with Crippen molar-refractivity contribution < 1.29 is 30.4 Å². The predicted octanol–water partition coefficient (Wildman–Crippen LogP) is 6.97. The van der Waals surface area contributed by atoms with Gasteiger partial charge in [-0.25, -0.2) is 50.5 Å². The Balaban J connectivity index is 0.000000170. The molecule has 60 heavy (non-hydrogen) atoms. The number of halogens is 3. The van der Waals surface area contributed by atoms with Crippen LogP contribution in [-0.4, -0.2) is 79.4 Å². The van der Waals surface area contributed by atoms with Crippen molar-refractivity contribution in [3.8, 4) is 5.75 Å². The Hall–Kier alpha value is -5.99. The third-order valence-electron chi connectivity index (χ3n) is 9.23. The van der Waals surface area contributed by atoms with Crippen molar-refractivity contribution in [1.29, 1.82) is 0 Å². The molecule has 21 heteroatoms. The van der Waals surface area contributed by atoms with Crippen molar-refractivity contribution in [3.63, 3.8) is 0 Å². The first kappa shape index (κ1) is 43.6. The molecular formula is C39H40ClF2N11O5S2. The van der Waals surface area contributed by atoms with Crippen LogP contribution in [0.1, 0.15) is 58.4 Å². The highest BCUT2D eigenvalue weighted by molar-refractivity contribution is 7.93. The average Bonchev–Trinajstić information content (AvgIpc) is 3.75. The quantitative estimate of drug-likeness (QED) is 0.148. The number of anilines is 2. The van der Waals surface area contributed by atoms with E-state index in [1.807, 2.05) is 0 Å². The van der Waals surface area contributed by atoms with Crippen molar-refractivity contribution in [3.05, 3.63) is 95.1 Å². The van der Waals surface area contributed by atoms with Crippen LogP contribution in [0.4, 0.5) is 20.4 Å². The molecule has 314 valence electrons. The number of aromatic amines is 1. The van der Waals surface area contributed by atoms with E-state index >= 15 is 0 Å². The fraction of sp³-hybridized carbons (Fsp3) is 0.282. The number of fused-ring (bicyclic) bond motifs is 4. The molecule has 2 aromatic carbocycles. The number of ether oxygens (including phenoxy) is 1. The molecule has 5 aromatic heterocycles. The van der Waals surface area contributed by atoms with Crippen molar-refractivity contribution in [2.24, 2.45) is 10.7 Å². The van der Waals surface area contributed by atoms with Crippen LogP contribution in [0.15, 0.2) is 76.2 Å². The highest BCUT2D eigenvalue weighted by Crippen LogP contribution is 2.37. The van der Waals surface area contributed by atoms with E-state index in [1.54, 1.807) is 66.7 Å². The Bertz CT molecular complexity index is 3060. The maximum absolute atomic E-state index is 13.6. The highest BCUT2D eigenvalue weighted by Gasteiger charge is 2.35. The van der Waals surface area contributed by atoms with Gasteiger partial charge < -0.3 is 15.8 Å². The highest BCUT2D eigenvalue weighted by atomic mass is 35.5. The molecule has 8 rings (SSSR count). The molecular weight excluding hydrogens is 840 g/mol. The summed E-state index contributed by atoms with van der Waals surface area (Å²) in [7, 11) is -5.74. The van der Waals surface area contributed by atoms with Crippen molar-refractivity contribution in [2.75, 3.05) is 12.4 Å². The third-order valence-corrected chi connectivity index (χ3v) is 14.7. The molecule has 0 amide bonds. The molecule has 6 heterocycles. The zero-order chi connectivity index (χ0) is 43.9. The van der Waals surface area contributed by atoms with Crippen LogP contribution in [0, 0.1) is 18.6 Å². The van der Waals surface area contributed by atoms with Gasteiger partial charge >= 0.3 is 0 Å². The lowest BCUT2D eigenvalue weighted by atomic mass is 10.2. The number of aliphatic imine (C=N–C) groups is 1. The predicted molar refractivity (Wildman–Crippen MR) is 225 cm³/mol. The first-order valence-corrected chi connectivity index (χ1v) is 21.3. The molecule has 0 aliphatic carbocycles. The Kier molecular flexibility index (Phi) is 11.8. The number of sulfone groups is 2. The molecule has 7 aromatic rings. The van der Waals surface area contributed by atoms with Gasteiger partial charge in [0, 0.05) is 22.4 Å². The standard InChI is InChI=1S/C19H19FN6O3S.C13H15ClN2O2S.C7H6FN3/c1-19(2,3)30(27,28)15-6-11-13(7-14(15)29-4)22-9-23-16(11)24-18-12-5-10(20)8-21-17(12)25-26-18;1-8-5-10-9(12(14)16-7-15-10)6-11(8)19(17,18)13(2,3)4;8-4-1-5-6(10-2-4)3-11-7(5)9/h5-9H,1-4H3,(H2,21,22,23,24,25,26);5-7H,1-4H3;1-2H,3H2,(H2,9,11). The number of hydrogen-bond acceptors (Lipinski definition) is 15. The van der Waals surface area contributed by atoms with Gasteiger partial charge in [0.1, 0.15) is 57.6 Å². The van der Waals surface area contributed by atoms with Gasteiger partial charge in [-0.05, 0) is 84.4 Å². The molecule has 0 fully saturated rings. The number of methoxy groups -OCH3 is 1. The van der Waals surface area contributed by atoms with Crippen LogP contribution in [0.25, 0.3) is 32.8 Å². The maximum Gasteiger partial charge on any atom is 0.186 e. The number of aromatic nitrogens is 8. The molecule has 0 atom stereocenters. The Morgan fingerprint density at radius 2 is 1.37 bits per heavy atom. The number of rotatable bonds is 5. The maximum atomic E-state index is 13.6. The van der Waals surface area contributed by atoms with Crippen molar-refractivity contribution >= 4 is 81.6 Å². The van der Waals surface area contributed by atoms with E-state index in [1.165, 1.54) is 44.2 Å². The lowest BCUT2D eigenvalue weighted by molar-refractivity contribution is 0.402.